The smallest absolute Gasteiger partial charge is 0.306 e. The summed E-state index contributed by atoms with van der Waals surface area (Å²) < 4.78 is 24.5. The molecule has 0 aromatic rings. The average Bonchev–Trinajstić information content (AvgIpc) is 3.27. The predicted octanol–water partition coefficient (Wildman–Crippen LogP) is 10.8. The van der Waals surface area contributed by atoms with Crippen molar-refractivity contribution in [1.82, 2.24) is 0 Å². The van der Waals surface area contributed by atoms with Crippen molar-refractivity contribution in [3.8, 4) is 0 Å². The fourth-order valence-electron chi connectivity index (χ4n) is 8.00. The highest BCUT2D eigenvalue weighted by atomic mass is 32.2. The topological polar surface area (TPSA) is 210 Å². The second-order valence-corrected chi connectivity index (χ2v) is 20.1. The van der Waals surface area contributed by atoms with Crippen LogP contribution in [-0.4, -0.2) is 81.4 Å². The minimum absolute atomic E-state index is 0.0217. The summed E-state index contributed by atoms with van der Waals surface area (Å²) in [6, 6.07) is -1.16. The van der Waals surface area contributed by atoms with E-state index in [2.05, 4.69) is 13.8 Å². The molecule has 380 valence electrons. The normalized spacial score (nSPS) is 13.2. The molecule has 0 aromatic heterocycles. The number of aliphatic hydroxyl groups is 1. The number of primary amides is 1. The fourth-order valence-corrected chi connectivity index (χ4v) is 9.30. The van der Waals surface area contributed by atoms with Crippen molar-refractivity contribution in [2.75, 3.05) is 24.7 Å². The van der Waals surface area contributed by atoms with E-state index < -0.39 is 59.1 Å². The molecule has 0 aliphatic heterocycles. The third-order valence-electron chi connectivity index (χ3n) is 12.3. The average molecular weight is 941 g/mol. The summed E-state index contributed by atoms with van der Waals surface area (Å²) in [5.41, 5.74) is 11.2. The van der Waals surface area contributed by atoms with E-state index in [0.717, 1.165) is 44.9 Å². The van der Waals surface area contributed by atoms with E-state index in [1.54, 1.807) is 0 Å². The Balaban J connectivity index is 4.84. The lowest BCUT2D eigenvalue weighted by Crippen LogP contribution is -2.40. The van der Waals surface area contributed by atoms with Gasteiger partial charge >= 0.3 is 11.9 Å². The van der Waals surface area contributed by atoms with Crippen molar-refractivity contribution < 1.29 is 47.6 Å². The molecule has 1 amide bonds. The summed E-state index contributed by atoms with van der Waals surface area (Å²) in [5.74, 6) is -3.44. The Kier molecular flexibility index (Phi) is 43.5. The van der Waals surface area contributed by atoms with E-state index in [0.29, 0.717) is 38.5 Å². The van der Waals surface area contributed by atoms with Gasteiger partial charge in [-0.15, -0.1) is 0 Å². The van der Waals surface area contributed by atoms with Crippen LogP contribution in [0.15, 0.2) is 0 Å². The standard InChI is InChI=1S/C52H96N2O10S/c1-3-5-7-9-11-13-15-17-19-21-23-25-31-35-51(60)63-41-46(64-52(61)36-32-26-24-22-20-18-16-14-12-10-8-6-4-2)42-65(62)43-47(53)49(58)39-44(40-55)48(57)34-30-28-27-29-33-45(56)37-38-50(54)59/h44,46-47,55H,3-43,53H2,1-2H3,(H2,54,59). The first kappa shape index (κ1) is 62.5. The molecule has 0 radical (unpaired) electrons. The molecule has 65 heavy (non-hydrogen) atoms. The summed E-state index contributed by atoms with van der Waals surface area (Å²) in [6.07, 6.45) is 33.5. The maximum Gasteiger partial charge on any atom is 0.306 e. The first-order valence-electron chi connectivity index (χ1n) is 26.3. The van der Waals surface area contributed by atoms with Crippen molar-refractivity contribution in [3.05, 3.63) is 0 Å². The highest BCUT2D eigenvalue weighted by Gasteiger charge is 2.27. The molecule has 4 atom stereocenters. The van der Waals surface area contributed by atoms with Crippen molar-refractivity contribution in [2.45, 2.75) is 264 Å². The quantitative estimate of drug-likeness (QED) is 0.0386. The van der Waals surface area contributed by atoms with Crippen LogP contribution < -0.4 is 11.5 Å². The Morgan fingerprint density at radius 3 is 1.32 bits per heavy atom. The molecule has 0 bridgehead atoms. The molecule has 0 rings (SSSR count). The van der Waals surface area contributed by atoms with Crippen LogP contribution >= 0.6 is 0 Å². The summed E-state index contributed by atoms with van der Waals surface area (Å²) in [6.45, 7) is 3.73. The van der Waals surface area contributed by atoms with Gasteiger partial charge in [-0.25, -0.2) is 0 Å². The highest BCUT2D eigenvalue weighted by molar-refractivity contribution is 7.85. The molecule has 0 aliphatic rings. The summed E-state index contributed by atoms with van der Waals surface area (Å²) >= 11 is 0. The van der Waals surface area contributed by atoms with Crippen LogP contribution in [0.3, 0.4) is 0 Å². The van der Waals surface area contributed by atoms with Crippen LogP contribution in [-0.2, 0) is 49.0 Å². The number of aliphatic hydroxyl groups excluding tert-OH is 1. The van der Waals surface area contributed by atoms with E-state index in [4.69, 9.17) is 20.9 Å². The van der Waals surface area contributed by atoms with Crippen LogP contribution in [0.5, 0.6) is 0 Å². The number of Topliss-reactive ketones (excluding diaryl/α,β-unsaturated/α-hetero) is 3. The largest absolute Gasteiger partial charge is 0.462 e. The monoisotopic (exact) mass is 941 g/mol. The number of carbonyl (C=O) groups is 6. The molecular formula is C52H96N2O10S. The number of unbranched alkanes of at least 4 members (excludes halogenated alkanes) is 27. The maximum absolute atomic E-state index is 13.3. The van der Waals surface area contributed by atoms with Crippen LogP contribution in [0.2, 0.25) is 0 Å². The van der Waals surface area contributed by atoms with Crippen LogP contribution in [0, 0.1) is 5.92 Å². The Bertz CT molecular complexity index is 1260. The molecule has 12 nitrogen and oxygen atoms in total. The van der Waals surface area contributed by atoms with E-state index in [1.165, 1.54) is 116 Å². The van der Waals surface area contributed by atoms with Gasteiger partial charge in [0, 0.05) is 67.4 Å². The minimum atomic E-state index is -1.72. The van der Waals surface area contributed by atoms with Gasteiger partial charge < -0.3 is 26.0 Å². The number of hydrogen-bond acceptors (Lipinski definition) is 11. The second-order valence-electron chi connectivity index (χ2n) is 18.6. The van der Waals surface area contributed by atoms with Crippen molar-refractivity contribution in [1.29, 1.82) is 0 Å². The fraction of sp³-hybridized carbons (Fsp3) is 0.885. The molecule has 0 saturated carbocycles. The molecule has 0 aromatic carbocycles. The Labute approximate surface area is 397 Å². The Morgan fingerprint density at radius 1 is 0.492 bits per heavy atom. The van der Waals surface area contributed by atoms with Crippen molar-refractivity contribution in [2.24, 2.45) is 17.4 Å². The van der Waals surface area contributed by atoms with Crippen LogP contribution in [0.25, 0.3) is 0 Å². The molecule has 0 heterocycles. The number of ether oxygens (including phenoxy) is 2. The molecular weight excluding hydrogens is 845 g/mol. The van der Waals surface area contributed by atoms with Gasteiger partial charge in [-0.3, -0.25) is 33.0 Å². The first-order valence-corrected chi connectivity index (χ1v) is 27.8. The number of amides is 1. The van der Waals surface area contributed by atoms with Gasteiger partial charge in [-0.1, -0.05) is 181 Å². The highest BCUT2D eigenvalue weighted by Crippen LogP contribution is 2.17. The molecule has 0 saturated heterocycles. The number of rotatable bonds is 50. The second kappa shape index (κ2) is 45.3. The molecule has 5 N–H and O–H groups in total. The lowest BCUT2D eigenvalue weighted by atomic mass is 9.93. The number of nitrogens with two attached hydrogens (primary N) is 2. The molecule has 0 spiro atoms. The van der Waals surface area contributed by atoms with Gasteiger partial charge in [-0.05, 0) is 25.7 Å². The van der Waals surface area contributed by atoms with Crippen molar-refractivity contribution >= 4 is 46.0 Å². The Morgan fingerprint density at radius 2 is 0.892 bits per heavy atom. The van der Waals surface area contributed by atoms with Gasteiger partial charge in [0.25, 0.3) is 0 Å². The van der Waals surface area contributed by atoms with E-state index in [1.807, 2.05) is 0 Å². The van der Waals surface area contributed by atoms with Gasteiger partial charge in [0.05, 0.1) is 18.4 Å². The van der Waals surface area contributed by atoms with E-state index in [-0.39, 0.29) is 68.2 Å². The van der Waals surface area contributed by atoms with E-state index in [9.17, 15) is 38.1 Å². The lowest BCUT2D eigenvalue weighted by Gasteiger charge is -2.19. The molecule has 0 aliphatic carbocycles. The van der Waals surface area contributed by atoms with Crippen molar-refractivity contribution in [3.63, 3.8) is 0 Å². The first-order chi connectivity index (χ1) is 31.4. The summed E-state index contributed by atoms with van der Waals surface area (Å²) in [4.78, 5) is 74.1. The minimum Gasteiger partial charge on any atom is -0.462 e. The van der Waals surface area contributed by atoms with Gasteiger partial charge in [0.1, 0.15) is 24.3 Å². The molecule has 4 unspecified atom stereocenters. The third kappa shape index (κ3) is 41.4. The maximum atomic E-state index is 13.3. The zero-order valence-electron chi connectivity index (χ0n) is 41.4. The number of carbonyl (C=O) groups excluding carboxylic acids is 6. The summed E-state index contributed by atoms with van der Waals surface area (Å²) in [7, 11) is -1.72. The number of hydrogen-bond donors (Lipinski definition) is 3. The SMILES string of the molecule is CCCCCCCCCCCCCCCC(=O)OCC(CS(=O)CC(N)C(=O)CC(CO)C(=O)CCCCCCC(=O)CCC(N)=O)OC(=O)CCCCCCCCCCCCCCC. The van der Waals surface area contributed by atoms with E-state index >= 15 is 0 Å². The lowest BCUT2D eigenvalue weighted by molar-refractivity contribution is -0.157. The molecule has 13 heteroatoms. The number of ketones is 3. The zero-order chi connectivity index (χ0) is 48.2. The summed E-state index contributed by atoms with van der Waals surface area (Å²) in [5, 5.41) is 9.90. The van der Waals surface area contributed by atoms with Crippen LogP contribution in [0.1, 0.15) is 251 Å². The molecule has 0 fully saturated rings. The van der Waals surface area contributed by atoms with Gasteiger partial charge in [-0.2, -0.15) is 0 Å². The van der Waals surface area contributed by atoms with Gasteiger partial charge in [0.2, 0.25) is 5.91 Å². The zero-order valence-corrected chi connectivity index (χ0v) is 42.2. The number of esters is 2. The van der Waals surface area contributed by atoms with Crippen LogP contribution in [0.4, 0.5) is 0 Å². The predicted molar refractivity (Wildman–Crippen MR) is 264 cm³/mol. The third-order valence-corrected chi connectivity index (χ3v) is 13.7. The van der Waals surface area contributed by atoms with Gasteiger partial charge in [0.15, 0.2) is 5.78 Å². The Hall–Kier alpha value is -2.51.